The molecule has 0 saturated carbocycles. The molecule has 0 N–H and O–H groups in total. The molecule has 0 amide bonds. The molecule has 102 valence electrons. The van der Waals surface area contributed by atoms with Gasteiger partial charge in [0, 0.05) is 18.0 Å². The van der Waals surface area contributed by atoms with Gasteiger partial charge in [0.05, 0.1) is 18.1 Å². The average molecular weight is 287 g/mol. The smallest absolute Gasteiger partial charge is 0.119 e. The molecule has 0 radical (unpaired) electrons. The zero-order valence-electron chi connectivity index (χ0n) is 11.2. The Hall–Kier alpha value is -2.00. The number of aryl methyl sites for hydroxylation is 1. The highest BCUT2D eigenvalue weighted by atomic mass is 35.5. The molecular formula is C16H15ClN2O. The zero-order valence-corrected chi connectivity index (χ0v) is 12.0. The molecule has 3 nitrogen and oxygen atoms in total. The number of hydrogen-bond acceptors (Lipinski definition) is 2. The number of methoxy groups -OCH3 is 1. The maximum Gasteiger partial charge on any atom is 0.119 e. The summed E-state index contributed by atoms with van der Waals surface area (Å²) in [6.07, 6.45) is 0.738. The van der Waals surface area contributed by atoms with E-state index in [-0.39, 0.29) is 0 Å². The van der Waals surface area contributed by atoms with Gasteiger partial charge in [-0.1, -0.05) is 12.1 Å². The summed E-state index contributed by atoms with van der Waals surface area (Å²) in [7, 11) is 1.67. The first-order valence-electron chi connectivity index (χ1n) is 6.50. The molecule has 2 aromatic carbocycles. The molecule has 0 atom stereocenters. The minimum absolute atomic E-state index is 0.555. The lowest BCUT2D eigenvalue weighted by atomic mass is 10.2. The van der Waals surface area contributed by atoms with E-state index in [1.54, 1.807) is 7.11 Å². The average Bonchev–Trinajstić information content (AvgIpc) is 2.86. The number of hydrogen-bond donors (Lipinski definition) is 0. The predicted octanol–water partition coefficient (Wildman–Crippen LogP) is 3.82. The first-order valence-corrected chi connectivity index (χ1v) is 7.03. The van der Waals surface area contributed by atoms with Crippen molar-refractivity contribution >= 4 is 22.6 Å². The first-order chi connectivity index (χ1) is 9.83. The third-order valence-electron chi connectivity index (χ3n) is 3.28. The SMILES string of the molecule is COc1ccc(-n2c(CCCl)nc3ccccc32)cc1. The molecule has 3 aromatic rings. The third kappa shape index (κ3) is 2.25. The number of para-hydroxylation sites is 2. The highest BCUT2D eigenvalue weighted by Gasteiger charge is 2.11. The van der Waals surface area contributed by atoms with Crippen LogP contribution in [0.4, 0.5) is 0 Å². The number of rotatable bonds is 4. The molecule has 0 aliphatic rings. The molecule has 20 heavy (non-hydrogen) atoms. The molecule has 0 saturated heterocycles. The summed E-state index contributed by atoms with van der Waals surface area (Å²) < 4.78 is 7.36. The summed E-state index contributed by atoms with van der Waals surface area (Å²) in [5.41, 5.74) is 3.15. The summed E-state index contributed by atoms with van der Waals surface area (Å²) in [6, 6.07) is 16.1. The van der Waals surface area contributed by atoms with Gasteiger partial charge in [0.15, 0.2) is 0 Å². The Morgan fingerprint density at radius 3 is 2.55 bits per heavy atom. The fourth-order valence-electron chi connectivity index (χ4n) is 2.35. The summed E-state index contributed by atoms with van der Waals surface area (Å²) in [5.74, 6) is 2.38. The fourth-order valence-corrected chi connectivity index (χ4v) is 2.52. The van der Waals surface area contributed by atoms with Crippen LogP contribution in [0.5, 0.6) is 5.75 Å². The number of aromatic nitrogens is 2. The lowest BCUT2D eigenvalue weighted by molar-refractivity contribution is 0.414. The number of benzene rings is 2. The van der Waals surface area contributed by atoms with Gasteiger partial charge in [0.2, 0.25) is 0 Å². The van der Waals surface area contributed by atoms with Crippen LogP contribution in [0.25, 0.3) is 16.7 Å². The van der Waals surface area contributed by atoms with E-state index in [1.807, 2.05) is 42.5 Å². The number of fused-ring (bicyclic) bond motifs is 1. The quantitative estimate of drug-likeness (QED) is 0.682. The Kier molecular flexibility index (Phi) is 3.61. The molecule has 0 spiro atoms. The summed E-state index contributed by atoms with van der Waals surface area (Å²) in [4.78, 5) is 4.67. The van der Waals surface area contributed by atoms with E-state index in [4.69, 9.17) is 16.3 Å². The van der Waals surface area contributed by atoms with Gasteiger partial charge in [-0.15, -0.1) is 11.6 Å². The van der Waals surface area contributed by atoms with Crippen molar-refractivity contribution in [3.05, 3.63) is 54.4 Å². The Bertz CT molecular complexity index is 719. The predicted molar refractivity (Wildman–Crippen MR) is 82.0 cm³/mol. The normalized spacial score (nSPS) is 10.9. The van der Waals surface area contributed by atoms with Gasteiger partial charge in [0.1, 0.15) is 11.6 Å². The van der Waals surface area contributed by atoms with E-state index in [0.29, 0.717) is 5.88 Å². The Morgan fingerprint density at radius 1 is 1.10 bits per heavy atom. The molecule has 1 aromatic heterocycles. The van der Waals surface area contributed by atoms with Gasteiger partial charge in [-0.2, -0.15) is 0 Å². The molecule has 4 heteroatoms. The number of halogens is 1. The van der Waals surface area contributed by atoms with Gasteiger partial charge < -0.3 is 4.74 Å². The van der Waals surface area contributed by atoms with Crippen LogP contribution >= 0.6 is 11.6 Å². The van der Waals surface area contributed by atoms with Crippen LogP contribution in [0, 0.1) is 0 Å². The first kappa shape index (κ1) is 13.0. The minimum Gasteiger partial charge on any atom is -0.497 e. The second-order valence-corrected chi connectivity index (χ2v) is 4.87. The second-order valence-electron chi connectivity index (χ2n) is 4.49. The molecule has 0 fully saturated rings. The van der Waals surface area contributed by atoms with Crippen LogP contribution in [0.2, 0.25) is 0 Å². The van der Waals surface area contributed by atoms with Crippen LogP contribution in [0.1, 0.15) is 5.82 Å². The standard InChI is InChI=1S/C16H15ClN2O/c1-20-13-8-6-12(7-9-13)19-15-5-3-2-4-14(15)18-16(19)10-11-17/h2-9H,10-11H2,1H3. The number of nitrogens with zero attached hydrogens (tertiary/aromatic N) is 2. The largest absolute Gasteiger partial charge is 0.497 e. The Labute approximate surface area is 122 Å². The van der Waals surface area contributed by atoms with Crippen molar-refractivity contribution in [1.29, 1.82) is 0 Å². The molecule has 0 aliphatic heterocycles. The van der Waals surface area contributed by atoms with Crippen LogP contribution in [0.15, 0.2) is 48.5 Å². The molecule has 0 unspecified atom stereocenters. The number of alkyl halides is 1. The van der Waals surface area contributed by atoms with E-state index in [2.05, 4.69) is 15.6 Å². The molecule has 0 aliphatic carbocycles. The highest BCUT2D eigenvalue weighted by Crippen LogP contribution is 2.23. The zero-order chi connectivity index (χ0) is 13.9. The molecule has 1 heterocycles. The maximum atomic E-state index is 5.90. The lowest BCUT2D eigenvalue weighted by Crippen LogP contribution is -2.02. The summed E-state index contributed by atoms with van der Waals surface area (Å²) >= 11 is 5.90. The number of ether oxygens (including phenoxy) is 1. The fraction of sp³-hybridized carbons (Fsp3) is 0.188. The Balaban J connectivity index is 2.18. The van der Waals surface area contributed by atoms with E-state index >= 15 is 0 Å². The van der Waals surface area contributed by atoms with Crippen molar-refractivity contribution in [2.75, 3.05) is 13.0 Å². The van der Waals surface area contributed by atoms with Gasteiger partial charge in [-0.3, -0.25) is 4.57 Å². The van der Waals surface area contributed by atoms with Gasteiger partial charge in [0.25, 0.3) is 0 Å². The third-order valence-corrected chi connectivity index (χ3v) is 3.47. The van der Waals surface area contributed by atoms with Crippen molar-refractivity contribution in [1.82, 2.24) is 9.55 Å². The Morgan fingerprint density at radius 2 is 1.85 bits per heavy atom. The summed E-state index contributed by atoms with van der Waals surface area (Å²) in [6.45, 7) is 0. The number of imidazole rings is 1. The van der Waals surface area contributed by atoms with Crippen LogP contribution in [-0.2, 0) is 6.42 Å². The topological polar surface area (TPSA) is 27.1 Å². The van der Waals surface area contributed by atoms with Crippen LogP contribution < -0.4 is 4.74 Å². The summed E-state index contributed by atoms with van der Waals surface area (Å²) in [5, 5.41) is 0. The minimum atomic E-state index is 0.555. The van der Waals surface area contributed by atoms with Gasteiger partial charge in [-0.05, 0) is 36.4 Å². The van der Waals surface area contributed by atoms with Crippen molar-refractivity contribution < 1.29 is 4.74 Å². The molecule has 0 bridgehead atoms. The molecule has 3 rings (SSSR count). The van der Waals surface area contributed by atoms with E-state index < -0.39 is 0 Å². The van der Waals surface area contributed by atoms with Gasteiger partial charge in [-0.25, -0.2) is 4.98 Å². The van der Waals surface area contributed by atoms with Crippen molar-refractivity contribution in [3.8, 4) is 11.4 Å². The second kappa shape index (κ2) is 5.55. The van der Waals surface area contributed by atoms with Crippen LogP contribution in [0.3, 0.4) is 0 Å². The van der Waals surface area contributed by atoms with Gasteiger partial charge >= 0.3 is 0 Å². The van der Waals surface area contributed by atoms with Crippen molar-refractivity contribution in [2.24, 2.45) is 0 Å². The van der Waals surface area contributed by atoms with E-state index in [1.165, 1.54) is 0 Å². The van der Waals surface area contributed by atoms with E-state index in [0.717, 1.165) is 34.7 Å². The van der Waals surface area contributed by atoms with Crippen molar-refractivity contribution in [3.63, 3.8) is 0 Å². The van der Waals surface area contributed by atoms with E-state index in [9.17, 15) is 0 Å². The lowest BCUT2D eigenvalue weighted by Gasteiger charge is -2.09. The highest BCUT2D eigenvalue weighted by molar-refractivity contribution is 6.17. The monoisotopic (exact) mass is 286 g/mol. The maximum absolute atomic E-state index is 5.90. The van der Waals surface area contributed by atoms with Crippen LogP contribution in [-0.4, -0.2) is 22.5 Å². The molecular weight excluding hydrogens is 272 g/mol. The van der Waals surface area contributed by atoms with Crippen molar-refractivity contribution in [2.45, 2.75) is 6.42 Å².